The lowest BCUT2D eigenvalue weighted by atomic mass is 9.33. The standard InChI is InChI=1S/C30H44O2/c1-19(2)20-10-15-30(18-31)17-16-28(6)21(25(20)30)8-9-23-27(5)13-12-24(32)26(3,4)22(27)11-14-29(23,28)7/h12-13,18,20-23,25H,1,8-11,14-17H2,2-7H3. The summed E-state index contributed by atoms with van der Waals surface area (Å²) in [5.41, 5.74) is 1.50. The highest BCUT2D eigenvalue weighted by molar-refractivity contribution is 5.95. The quantitative estimate of drug-likeness (QED) is 0.339. The summed E-state index contributed by atoms with van der Waals surface area (Å²) >= 11 is 0. The third kappa shape index (κ3) is 2.48. The number of rotatable bonds is 2. The van der Waals surface area contributed by atoms with Gasteiger partial charge in [-0.2, -0.15) is 0 Å². The number of carbonyl (C=O) groups is 2. The number of carbonyl (C=O) groups excluding carboxylic acids is 2. The van der Waals surface area contributed by atoms with Crippen LogP contribution in [-0.2, 0) is 9.59 Å². The van der Waals surface area contributed by atoms with Crippen LogP contribution in [0.4, 0.5) is 0 Å². The number of hydrogen-bond donors (Lipinski definition) is 0. The van der Waals surface area contributed by atoms with Crippen molar-refractivity contribution in [3.8, 4) is 0 Å². The zero-order chi connectivity index (χ0) is 23.3. The molecule has 0 radical (unpaired) electrons. The van der Waals surface area contributed by atoms with E-state index in [4.69, 9.17) is 0 Å². The van der Waals surface area contributed by atoms with E-state index in [-0.39, 0.29) is 27.1 Å². The maximum absolute atomic E-state index is 12.8. The van der Waals surface area contributed by atoms with Gasteiger partial charge in [-0.15, -0.1) is 0 Å². The van der Waals surface area contributed by atoms with Crippen molar-refractivity contribution in [1.29, 1.82) is 0 Å². The minimum Gasteiger partial charge on any atom is -0.303 e. The molecule has 5 aliphatic carbocycles. The van der Waals surface area contributed by atoms with Gasteiger partial charge in [0.05, 0.1) is 0 Å². The van der Waals surface area contributed by atoms with Crippen LogP contribution in [0.3, 0.4) is 0 Å². The summed E-state index contributed by atoms with van der Waals surface area (Å²) in [5, 5.41) is 0. The Bertz CT molecular complexity index is 897. The van der Waals surface area contributed by atoms with Gasteiger partial charge in [0.25, 0.3) is 0 Å². The van der Waals surface area contributed by atoms with Gasteiger partial charge < -0.3 is 4.79 Å². The van der Waals surface area contributed by atoms with Gasteiger partial charge in [0.15, 0.2) is 5.78 Å². The second-order valence-electron chi connectivity index (χ2n) is 13.8. The Kier molecular flexibility index (Phi) is 4.73. The normalized spacial score (nSPS) is 53.6. The highest BCUT2D eigenvalue weighted by Gasteiger charge is 2.70. The fourth-order valence-corrected chi connectivity index (χ4v) is 10.7. The van der Waals surface area contributed by atoms with Gasteiger partial charge in [-0.05, 0) is 110 Å². The van der Waals surface area contributed by atoms with E-state index in [1.807, 2.05) is 6.08 Å². The molecule has 0 amide bonds. The molecule has 0 aromatic rings. The molecular weight excluding hydrogens is 392 g/mol. The second-order valence-corrected chi connectivity index (χ2v) is 13.8. The largest absolute Gasteiger partial charge is 0.303 e. The maximum atomic E-state index is 12.8. The first kappa shape index (κ1) is 22.6. The third-order valence-corrected chi connectivity index (χ3v) is 12.6. The van der Waals surface area contributed by atoms with Crippen molar-refractivity contribution in [1.82, 2.24) is 0 Å². The molecule has 0 bridgehead atoms. The molecule has 0 heterocycles. The predicted octanol–water partition coefficient (Wildman–Crippen LogP) is 7.19. The summed E-state index contributed by atoms with van der Waals surface area (Å²) in [4.78, 5) is 25.4. The average molecular weight is 437 g/mol. The first-order valence-electron chi connectivity index (χ1n) is 13.2. The molecule has 0 aromatic heterocycles. The molecule has 0 spiro atoms. The Balaban J connectivity index is 1.59. The summed E-state index contributed by atoms with van der Waals surface area (Å²) < 4.78 is 0. The van der Waals surface area contributed by atoms with E-state index in [1.165, 1.54) is 37.5 Å². The molecule has 176 valence electrons. The molecule has 9 atom stereocenters. The fourth-order valence-electron chi connectivity index (χ4n) is 10.7. The summed E-state index contributed by atoms with van der Waals surface area (Å²) in [6, 6.07) is 0. The van der Waals surface area contributed by atoms with E-state index in [9.17, 15) is 9.59 Å². The number of allylic oxidation sites excluding steroid dienone is 3. The zero-order valence-corrected chi connectivity index (χ0v) is 21.3. The highest BCUT2D eigenvalue weighted by Crippen LogP contribution is 2.76. The summed E-state index contributed by atoms with van der Waals surface area (Å²) in [7, 11) is 0. The molecule has 5 aliphatic rings. The van der Waals surface area contributed by atoms with E-state index in [0.29, 0.717) is 35.4 Å². The van der Waals surface area contributed by atoms with Gasteiger partial charge in [0.2, 0.25) is 0 Å². The van der Waals surface area contributed by atoms with Gasteiger partial charge in [0.1, 0.15) is 6.29 Å². The lowest BCUT2D eigenvalue weighted by molar-refractivity contribution is -0.215. The summed E-state index contributed by atoms with van der Waals surface area (Å²) in [6.07, 6.45) is 14.9. The molecule has 0 N–H and O–H groups in total. The lowest BCUT2D eigenvalue weighted by Gasteiger charge is -2.71. The topological polar surface area (TPSA) is 34.1 Å². The molecule has 4 saturated carbocycles. The first-order valence-corrected chi connectivity index (χ1v) is 13.2. The number of hydrogen-bond acceptors (Lipinski definition) is 2. The molecule has 2 nitrogen and oxygen atoms in total. The van der Waals surface area contributed by atoms with Crippen LogP contribution in [0, 0.1) is 56.7 Å². The van der Waals surface area contributed by atoms with E-state index in [0.717, 1.165) is 25.7 Å². The van der Waals surface area contributed by atoms with Crippen LogP contribution in [0.25, 0.3) is 0 Å². The number of fused-ring (bicyclic) bond motifs is 7. The van der Waals surface area contributed by atoms with Crippen molar-refractivity contribution in [2.24, 2.45) is 56.7 Å². The van der Waals surface area contributed by atoms with Crippen molar-refractivity contribution in [2.45, 2.75) is 92.9 Å². The molecule has 32 heavy (non-hydrogen) atoms. The Morgan fingerprint density at radius 2 is 1.66 bits per heavy atom. The molecular formula is C30H44O2. The van der Waals surface area contributed by atoms with Gasteiger partial charge in [-0.25, -0.2) is 0 Å². The molecule has 5 rings (SSSR count). The maximum Gasteiger partial charge on any atom is 0.161 e. The minimum absolute atomic E-state index is 0.0843. The van der Waals surface area contributed by atoms with Gasteiger partial charge in [0, 0.05) is 10.8 Å². The molecule has 4 fully saturated rings. The zero-order valence-electron chi connectivity index (χ0n) is 21.3. The van der Waals surface area contributed by atoms with Crippen molar-refractivity contribution in [3.63, 3.8) is 0 Å². The third-order valence-electron chi connectivity index (χ3n) is 12.6. The SMILES string of the molecule is C=C(C)C1CCC2(C=O)CCC3(C)C(CCC4C5(C)C=CC(=O)C(C)(C)C5CCC43C)C12. The monoisotopic (exact) mass is 436 g/mol. The van der Waals surface area contributed by atoms with Gasteiger partial charge in [-0.3, -0.25) is 4.79 Å². The first-order chi connectivity index (χ1) is 14.9. The smallest absolute Gasteiger partial charge is 0.161 e. The van der Waals surface area contributed by atoms with Crippen molar-refractivity contribution < 1.29 is 9.59 Å². The van der Waals surface area contributed by atoms with Crippen molar-refractivity contribution in [2.75, 3.05) is 0 Å². The van der Waals surface area contributed by atoms with Crippen LogP contribution in [0.5, 0.6) is 0 Å². The highest BCUT2D eigenvalue weighted by atomic mass is 16.1. The molecule has 0 aliphatic heterocycles. The lowest BCUT2D eigenvalue weighted by Crippen LogP contribution is -2.65. The van der Waals surface area contributed by atoms with Crippen LogP contribution in [0.1, 0.15) is 92.9 Å². The fraction of sp³-hybridized carbons (Fsp3) is 0.800. The summed E-state index contributed by atoms with van der Waals surface area (Å²) in [6.45, 7) is 18.6. The van der Waals surface area contributed by atoms with Crippen molar-refractivity contribution >= 4 is 12.1 Å². The number of ketones is 1. The Morgan fingerprint density at radius 3 is 2.31 bits per heavy atom. The van der Waals surface area contributed by atoms with Crippen LogP contribution < -0.4 is 0 Å². The second kappa shape index (κ2) is 6.70. The van der Waals surface area contributed by atoms with Crippen LogP contribution >= 0.6 is 0 Å². The Labute approximate surface area is 195 Å². The number of aldehydes is 1. The van der Waals surface area contributed by atoms with E-state index < -0.39 is 0 Å². The van der Waals surface area contributed by atoms with Crippen LogP contribution in [-0.4, -0.2) is 12.1 Å². The molecule has 0 saturated heterocycles. The van der Waals surface area contributed by atoms with E-state index >= 15 is 0 Å². The Hall–Kier alpha value is -1.18. The molecule has 9 unspecified atom stereocenters. The van der Waals surface area contributed by atoms with Crippen LogP contribution in [0.15, 0.2) is 24.3 Å². The molecule has 2 heteroatoms. The van der Waals surface area contributed by atoms with E-state index in [2.05, 4.69) is 54.2 Å². The van der Waals surface area contributed by atoms with Crippen molar-refractivity contribution in [3.05, 3.63) is 24.3 Å². The van der Waals surface area contributed by atoms with E-state index in [1.54, 1.807) is 0 Å². The van der Waals surface area contributed by atoms with Gasteiger partial charge in [-0.1, -0.05) is 52.8 Å². The molecule has 0 aromatic carbocycles. The average Bonchev–Trinajstić information content (AvgIpc) is 3.12. The Morgan fingerprint density at radius 1 is 0.938 bits per heavy atom. The summed E-state index contributed by atoms with van der Waals surface area (Å²) in [5.74, 6) is 2.92. The van der Waals surface area contributed by atoms with Crippen LogP contribution in [0.2, 0.25) is 0 Å². The van der Waals surface area contributed by atoms with Gasteiger partial charge >= 0.3 is 0 Å². The predicted molar refractivity (Wildman–Crippen MR) is 130 cm³/mol. The minimum atomic E-state index is -0.266.